The van der Waals surface area contributed by atoms with Gasteiger partial charge in [-0.2, -0.15) is 0 Å². The lowest BCUT2D eigenvalue weighted by atomic mass is 10.0. The summed E-state index contributed by atoms with van der Waals surface area (Å²) >= 11 is 0. The number of carbonyl (C=O) groups excluding carboxylic acids is 4. The molecule has 31 heavy (non-hydrogen) atoms. The predicted molar refractivity (Wildman–Crippen MR) is 106 cm³/mol. The maximum absolute atomic E-state index is 12.0. The number of nitrogens with one attached hydrogen (secondary N) is 2. The van der Waals surface area contributed by atoms with Gasteiger partial charge >= 0.3 is 11.9 Å². The molecular formula is C20H26N2O9. The van der Waals surface area contributed by atoms with Gasteiger partial charge in [0.05, 0.1) is 13.7 Å². The number of benzene rings is 1. The molecule has 0 radical (unpaired) electrons. The minimum atomic E-state index is -0.964. The van der Waals surface area contributed by atoms with E-state index in [0.717, 1.165) is 0 Å². The van der Waals surface area contributed by atoms with Crippen LogP contribution >= 0.6 is 0 Å². The van der Waals surface area contributed by atoms with Crippen LogP contribution in [0.15, 0.2) is 18.2 Å². The van der Waals surface area contributed by atoms with Gasteiger partial charge in [-0.05, 0) is 6.07 Å². The molecule has 0 aliphatic carbocycles. The molecule has 0 saturated carbocycles. The Morgan fingerprint density at radius 3 is 2.71 bits per heavy atom. The molecule has 3 N–H and O–H groups in total. The van der Waals surface area contributed by atoms with E-state index in [1.54, 1.807) is 12.1 Å². The third-order valence-electron chi connectivity index (χ3n) is 4.42. The Morgan fingerprint density at radius 2 is 2.06 bits per heavy atom. The Kier molecular flexibility index (Phi) is 9.22. The molecule has 1 aliphatic heterocycles. The van der Waals surface area contributed by atoms with Crippen molar-refractivity contribution in [1.82, 2.24) is 5.32 Å². The van der Waals surface area contributed by atoms with Crippen LogP contribution in [0.1, 0.15) is 31.7 Å². The van der Waals surface area contributed by atoms with E-state index in [2.05, 4.69) is 10.6 Å². The Labute approximate surface area is 179 Å². The van der Waals surface area contributed by atoms with E-state index in [4.69, 9.17) is 18.9 Å². The van der Waals surface area contributed by atoms with Crippen molar-refractivity contribution in [1.29, 1.82) is 0 Å². The molecule has 2 amide bonds. The zero-order valence-electron chi connectivity index (χ0n) is 17.3. The van der Waals surface area contributed by atoms with Crippen LogP contribution in [0, 0.1) is 0 Å². The SMILES string of the molecule is COC(=O)[C@@H]1CC(OC(C)=O)CC(Oc2ccc(CO)c(NC(=O)CCNC=O)c2)O1. The van der Waals surface area contributed by atoms with Gasteiger partial charge in [-0.1, -0.05) is 6.07 Å². The van der Waals surface area contributed by atoms with Crippen LogP contribution in [0.3, 0.4) is 0 Å². The van der Waals surface area contributed by atoms with E-state index in [9.17, 15) is 24.3 Å². The molecule has 1 saturated heterocycles. The van der Waals surface area contributed by atoms with Gasteiger partial charge < -0.3 is 34.7 Å². The first kappa shape index (κ1) is 24.1. The maximum atomic E-state index is 12.0. The second kappa shape index (κ2) is 11.9. The molecule has 1 fully saturated rings. The Balaban J connectivity index is 2.12. The highest BCUT2D eigenvalue weighted by molar-refractivity contribution is 5.92. The third kappa shape index (κ3) is 7.54. The van der Waals surface area contributed by atoms with Crippen molar-refractivity contribution in [2.24, 2.45) is 0 Å². The molecule has 0 bridgehead atoms. The van der Waals surface area contributed by atoms with Gasteiger partial charge in [-0.25, -0.2) is 4.79 Å². The summed E-state index contributed by atoms with van der Waals surface area (Å²) in [6.45, 7) is 1.12. The third-order valence-corrected chi connectivity index (χ3v) is 4.42. The zero-order valence-corrected chi connectivity index (χ0v) is 17.3. The molecule has 0 spiro atoms. The van der Waals surface area contributed by atoms with Crippen molar-refractivity contribution in [3.8, 4) is 5.75 Å². The quantitative estimate of drug-likeness (QED) is 0.265. The largest absolute Gasteiger partial charge is 0.467 e. The number of esters is 2. The first-order valence-electron chi connectivity index (χ1n) is 9.64. The lowest BCUT2D eigenvalue weighted by Gasteiger charge is -2.33. The van der Waals surface area contributed by atoms with Crippen molar-refractivity contribution in [3.05, 3.63) is 23.8 Å². The molecule has 2 rings (SSSR count). The van der Waals surface area contributed by atoms with Crippen LogP contribution in [0.4, 0.5) is 5.69 Å². The van der Waals surface area contributed by atoms with Crippen molar-refractivity contribution in [2.45, 2.75) is 51.3 Å². The minimum absolute atomic E-state index is 0.0469. The summed E-state index contributed by atoms with van der Waals surface area (Å²) in [6, 6.07) is 4.64. The smallest absolute Gasteiger partial charge is 0.335 e. The van der Waals surface area contributed by atoms with E-state index in [1.807, 2.05) is 0 Å². The van der Waals surface area contributed by atoms with E-state index >= 15 is 0 Å². The molecular weight excluding hydrogens is 412 g/mol. The highest BCUT2D eigenvalue weighted by Gasteiger charge is 2.37. The minimum Gasteiger partial charge on any atom is -0.467 e. The van der Waals surface area contributed by atoms with E-state index in [1.165, 1.54) is 20.1 Å². The molecule has 2 unspecified atom stereocenters. The van der Waals surface area contributed by atoms with Crippen LogP contribution in [0.25, 0.3) is 0 Å². The van der Waals surface area contributed by atoms with E-state index in [-0.39, 0.29) is 38.3 Å². The number of aliphatic hydroxyl groups is 1. The molecule has 0 aromatic heterocycles. The maximum Gasteiger partial charge on any atom is 0.335 e. The van der Waals surface area contributed by atoms with E-state index < -0.39 is 30.4 Å². The number of carbonyl (C=O) groups is 4. The molecule has 1 aromatic carbocycles. The van der Waals surface area contributed by atoms with Crippen LogP contribution in [0.5, 0.6) is 5.75 Å². The highest BCUT2D eigenvalue weighted by atomic mass is 16.7. The van der Waals surface area contributed by atoms with Gasteiger partial charge in [0.25, 0.3) is 0 Å². The van der Waals surface area contributed by atoms with Gasteiger partial charge in [0.2, 0.25) is 18.6 Å². The molecule has 170 valence electrons. The Hall–Kier alpha value is -3.18. The summed E-state index contributed by atoms with van der Waals surface area (Å²) in [5.74, 6) is -1.17. The number of aliphatic hydroxyl groups excluding tert-OH is 1. The van der Waals surface area contributed by atoms with Gasteiger partial charge in [0.1, 0.15) is 11.9 Å². The Morgan fingerprint density at radius 1 is 1.29 bits per heavy atom. The van der Waals surface area contributed by atoms with Crippen LogP contribution < -0.4 is 15.4 Å². The first-order valence-corrected chi connectivity index (χ1v) is 9.64. The van der Waals surface area contributed by atoms with Crippen LogP contribution in [-0.4, -0.2) is 61.5 Å². The summed E-state index contributed by atoms with van der Waals surface area (Å²) < 4.78 is 21.4. The molecule has 11 heteroatoms. The standard InChI is InChI=1S/C20H26N2O9/c1-12(25)29-15-8-17(20(27)28-2)31-19(9-15)30-14-4-3-13(10-23)16(7-14)22-18(26)5-6-21-11-24/h3-4,7,11,15,17,19,23H,5-6,8-10H2,1-2H3,(H,21,24)(H,22,26)/t15?,17-,19?/m0/s1. The number of methoxy groups -OCH3 is 1. The number of amides is 2. The number of anilines is 1. The monoisotopic (exact) mass is 438 g/mol. The summed E-state index contributed by atoms with van der Waals surface area (Å²) in [6.07, 6.45) is -1.60. The molecule has 1 aliphatic rings. The highest BCUT2D eigenvalue weighted by Crippen LogP contribution is 2.29. The normalized spacial score (nSPS) is 20.3. The van der Waals surface area contributed by atoms with Crippen LogP contribution in [0.2, 0.25) is 0 Å². The molecule has 3 atom stereocenters. The lowest BCUT2D eigenvalue weighted by Crippen LogP contribution is -2.44. The molecule has 1 aromatic rings. The van der Waals surface area contributed by atoms with Gasteiger partial charge in [-0.15, -0.1) is 0 Å². The van der Waals surface area contributed by atoms with Gasteiger partial charge in [0, 0.05) is 50.0 Å². The fraction of sp³-hybridized carbons (Fsp3) is 0.500. The van der Waals surface area contributed by atoms with Gasteiger partial charge in [-0.3, -0.25) is 14.4 Å². The second-order valence-electron chi connectivity index (χ2n) is 6.75. The van der Waals surface area contributed by atoms with Crippen molar-refractivity contribution in [2.75, 3.05) is 19.0 Å². The fourth-order valence-electron chi connectivity index (χ4n) is 3.03. The number of rotatable bonds is 10. The zero-order chi connectivity index (χ0) is 22.8. The first-order chi connectivity index (χ1) is 14.9. The topological polar surface area (TPSA) is 149 Å². The summed E-state index contributed by atoms with van der Waals surface area (Å²) in [7, 11) is 1.23. The Bertz CT molecular complexity index is 799. The van der Waals surface area contributed by atoms with Crippen LogP contribution in [-0.2, 0) is 40.0 Å². The van der Waals surface area contributed by atoms with Crippen molar-refractivity contribution >= 4 is 29.9 Å². The summed E-state index contributed by atoms with van der Waals surface area (Å²) in [4.78, 5) is 45.6. The average Bonchev–Trinajstić information content (AvgIpc) is 2.73. The second-order valence-corrected chi connectivity index (χ2v) is 6.75. The number of hydrogen-bond donors (Lipinski definition) is 3. The summed E-state index contributed by atoms with van der Waals surface area (Å²) in [5, 5.41) is 14.6. The molecule has 1 heterocycles. The fourth-order valence-corrected chi connectivity index (χ4v) is 3.03. The molecule has 11 nitrogen and oxygen atoms in total. The summed E-state index contributed by atoms with van der Waals surface area (Å²) in [5.41, 5.74) is 0.784. The number of hydrogen-bond acceptors (Lipinski definition) is 9. The van der Waals surface area contributed by atoms with Crippen molar-refractivity contribution in [3.63, 3.8) is 0 Å². The van der Waals surface area contributed by atoms with Gasteiger partial charge in [0.15, 0.2) is 6.10 Å². The lowest BCUT2D eigenvalue weighted by molar-refractivity contribution is -0.204. The number of ether oxygens (including phenoxy) is 4. The predicted octanol–water partition coefficient (Wildman–Crippen LogP) is 0.242. The van der Waals surface area contributed by atoms with E-state index in [0.29, 0.717) is 23.4 Å². The average molecular weight is 438 g/mol. The van der Waals surface area contributed by atoms with Crippen molar-refractivity contribution < 1.29 is 43.2 Å².